The summed E-state index contributed by atoms with van der Waals surface area (Å²) in [7, 11) is 0. The molecule has 1 aromatic heterocycles. The summed E-state index contributed by atoms with van der Waals surface area (Å²) in [4.78, 5) is 32.0. The highest BCUT2D eigenvalue weighted by atomic mass is 16.2. The molecule has 1 aliphatic carbocycles. The van der Waals surface area contributed by atoms with Crippen LogP contribution < -0.4 is 5.32 Å². The molecule has 6 heteroatoms. The van der Waals surface area contributed by atoms with Crippen molar-refractivity contribution in [1.29, 1.82) is 0 Å². The number of fused-ring (bicyclic) bond motifs is 2. The standard InChI is InChI=1S/C23H32N4O2/c1-4-10-27-13-15(24-23(29)26(5-2)6-3)11-17-16-8-7-9-19-22(16)18(12-21(17)27)20(14-28)25-19/h7-9,14-15,17,21,25H,4-6,10-13H2,1-3H3,(H,24,29)/t15-,17?,21+/m0/s1. The highest BCUT2D eigenvalue weighted by molar-refractivity contribution is 5.95. The molecule has 1 aromatic carbocycles. The lowest BCUT2D eigenvalue weighted by Crippen LogP contribution is -2.58. The lowest BCUT2D eigenvalue weighted by atomic mass is 9.73. The Morgan fingerprint density at radius 3 is 2.79 bits per heavy atom. The van der Waals surface area contributed by atoms with E-state index in [1.54, 1.807) is 0 Å². The van der Waals surface area contributed by atoms with E-state index in [9.17, 15) is 9.59 Å². The first-order valence-electron chi connectivity index (χ1n) is 11.0. The molecule has 1 aliphatic heterocycles. The maximum absolute atomic E-state index is 12.7. The van der Waals surface area contributed by atoms with Crippen molar-refractivity contribution in [2.75, 3.05) is 26.2 Å². The Morgan fingerprint density at radius 2 is 2.10 bits per heavy atom. The van der Waals surface area contributed by atoms with Crippen LogP contribution in [0.3, 0.4) is 0 Å². The van der Waals surface area contributed by atoms with Gasteiger partial charge >= 0.3 is 6.03 Å². The van der Waals surface area contributed by atoms with Gasteiger partial charge in [-0.15, -0.1) is 0 Å². The molecule has 2 aromatic rings. The van der Waals surface area contributed by atoms with Crippen LogP contribution in [0.1, 0.15) is 61.1 Å². The fourth-order valence-corrected chi connectivity index (χ4v) is 5.44. The van der Waals surface area contributed by atoms with Gasteiger partial charge in [0.05, 0.1) is 5.69 Å². The van der Waals surface area contributed by atoms with Crippen LogP contribution in [0.4, 0.5) is 4.79 Å². The number of aldehydes is 1. The van der Waals surface area contributed by atoms with Gasteiger partial charge in [-0.25, -0.2) is 4.79 Å². The van der Waals surface area contributed by atoms with Gasteiger partial charge in [-0.05, 0) is 56.8 Å². The molecule has 2 aliphatic rings. The Hall–Kier alpha value is -2.34. The molecule has 0 radical (unpaired) electrons. The van der Waals surface area contributed by atoms with Crippen LogP contribution in [0, 0.1) is 0 Å². The van der Waals surface area contributed by atoms with Crippen LogP contribution in [0.5, 0.6) is 0 Å². The number of aromatic amines is 1. The van der Waals surface area contributed by atoms with Crippen molar-refractivity contribution in [3.8, 4) is 0 Å². The molecule has 0 bridgehead atoms. The normalized spacial score (nSPS) is 23.6. The molecule has 0 saturated carbocycles. The van der Waals surface area contributed by atoms with Crippen LogP contribution in [0.15, 0.2) is 18.2 Å². The number of aromatic nitrogens is 1. The van der Waals surface area contributed by atoms with E-state index in [0.29, 0.717) is 12.0 Å². The van der Waals surface area contributed by atoms with E-state index in [1.165, 1.54) is 16.5 Å². The molecular formula is C23H32N4O2. The maximum Gasteiger partial charge on any atom is 0.317 e. The third-order valence-corrected chi connectivity index (χ3v) is 6.74. The first-order chi connectivity index (χ1) is 14.1. The molecular weight excluding hydrogens is 364 g/mol. The predicted molar refractivity (Wildman–Crippen MR) is 116 cm³/mol. The number of hydrogen-bond donors (Lipinski definition) is 2. The van der Waals surface area contributed by atoms with E-state index in [-0.39, 0.29) is 12.1 Å². The molecule has 2 N–H and O–H groups in total. The molecule has 29 heavy (non-hydrogen) atoms. The van der Waals surface area contributed by atoms with Gasteiger partial charge in [-0.3, -0.25) is 9.69 Å². The highest BCUT2D eigenvalue weighted by Crippen LogP contribution is 2.44. The van der Waals surface area contributed by atoms with Crippen LogP contribution >= 0.6 is 0 Å². The summed E-state index contributed by atoms with van der Waals surface area (Å²) in [6.07, 6.45) is 3.87. The summed E-state index contributed by atoms with van der Waals surface area (Å²) in [6.45, 7) is 9.56. The van der Waals surface area contributed by atoms with Crippen molar-refractivity contribution < 1.29 is 9.59 Å². The van der Waals surface area contributed by atoms with Crippen molar-refractivity contribution in [3.63, 3.8) is 0 Å². The number of hydrogen-bond acceptors (Lipinski definition) is 3. The number of urea groups is 1. The van der Waals surface area contributed by atoms with Crippen LogP contribution in [-0.4, -0.2) is 65.4 Å². The first kappa shape index (κ1) is 20.0. The zero-order valence-corrected chi connectivity index (χ0v) is 17.7. The number of amides is 2. The van der Waals surface area contributed by atoms with E-state index in [1.807, 2.05) is 18.7 Å². The quantitative estimate of drug-likeness (QED) is 0.734. The van der Waals surface area contributed by atoms with Crippen LogP contribution in [0.2, 0.25) is 0 Å². The smallest absolute Gasteiger partial charge is 0.317 e. The summed E-state index contributed by atoms with van der Waals surface area (Å²) >= 11 is 0. The summed E-state index contributed by atoms with van der Waals surface area (Å²) < 4.78 is 0. The topological polar surface area (TPSA) is 68.4 Å². The van der Waals surface area contributed by atoms with Gasteiger partial charge in [0.25, 0.3) is 0 Å². The highest BCUT2D eigenvalue weighted by Gasteiger charge is 2.41. The fourth-order valence-electron chi connectivity index (χ4n) is 5.44. The minimum atomic E-state index is 0.0366. The van der Waals surface area contributed by atoms with Crippen molar-refractivity contribution in [2.45, 2.75) is 58.0 Å². The van der Waals surface area contributed by atoms with Gasteiger partial charge in [-0.2, -0.15) is 0 Å². The molecule has 1 saturated heterocycles. The fraction of sp³-hybridized carbons (Fsp3) is 0.565. The minimum Gasteiger partial charge on any atom is -0.352 e. The number of carbonyl (C=O) groups excluding carboxylic acids is 2. The second-order valence-corrected chi connectivity index (χ2v) is 8.33. The number of likely N-dealkylation sites (tertiary alicyclic amines) is 1. The van der Waals surface area contributed by atoms with Crippen molar-refractivity contribution in [1.82, 2.24) is 20.1 Å². The third kappa shape index (κ3) is 3.44. The van der Waals surface area contributed by atoms with Gasteiger partial charge in [0.1, 0.15) is 0 Å². The molecule has 1 unspecified atom stereocenters. The molecule has 0 spiro atoms. The van der Waals surface area contributed by atoms with E-state index in [4.69, 9.17) is 0 Å². The van der Waals surface area contributed by atoms with Gasteiger partial charge in [0.2, 0.25) is 0 Å². The average molecular weight is 397 g/mol. The van der Waals surface area contributed by atoms with Gasteiger partial charge in [0, 0.05) is 48.5 Å². The lowest BCUT2D eigenvalue weighted by molar-refractivity contribution is 0.0974. The lowest BCUT2D eigenvalue weighted by Gasteiger charge is -2.47. The Morgan fingerprint density at radius 1 is 1.31 bits per heavy atom. The minimum absolute atomic E-state index is 0.0366. The van der Waals surface area contributed by atoms with Crippen LogP contribution in [-0.2, 0) is 6.42 Å². The monoisotopic (exact) mass is 396 g/mol. The molecule has 3 atom stereocenters. The first-order valence-corrected chi connectivity index (χ1v) is 11.0. The molecule has 156 valence electrons. The molecule has 1 fully saturated rings. The van der Waals surface area contributed by atoms with Crippen molar-refractivity contribution in [2.24, 2.45) is 0 Å². The van der Waals surface area contributed by atoms with Gasteiger partial charge in [0.15, 0.2) is 6.29 Å². The van der Waals surface area contributed by atoms with E-state index < -0.39 is 0 Å². The van der Waals surface area contributed by atoms with Crippen molar-refractivity contribution in [3.05, 3.63) is 35.0 Å². The predicted octanol–water partition coefficient (Wildman–Crippen LogP) is 3.52. The number of nitrogens with one attached hydrogen (secondary N) is 2. The number of nitrogens with zero attached hydrogens (tertiary/aromatic N) is 2. The van der Waals surface area contributed by atoms with Crippen LogP contribution in [0.25, 0.3) is 10.9 Å². The Kier molecular flexibility index (Phi) is 5.63. The Labute approximate surface area is 172 Å². The number of benzene rings is 1. The average Bonchev–Trinajstić information content (AvgIpc) is 3.09. The zero-order valence-electron chi connectivity index (χ0n) is 17.7. The molecule has 2 amide bonds. The van der Waals surface area contributed by atoms with E-state index in [0.717, 1.165) is 62.9 Å². The van der Waals surface area contributed by atoms with Crippen molar-refractivity contribution >= 4 is 23.2 Å². The Balaban J connectivity index is 1.68. The summed E-state index contributed by atoms with van der Waals surface area (Å²) in [5.74, 6) is 0.365. The van der Waals surface area contributed by atoms with Gasteiger partial charge < -0.3 is 15.2 Å². The molecule has 6 nitrogen and oxygen atoms in total. The Bertz CT molecular complexity index is 902. The van der Waals surface area contributed by atoms with E-state index >= 15 is 0 Å². The number of carbonyl (C=O) groups is 2. The maximum atomic E-state index is 12.7. The number of H-pyrrole nitrogens is 1. The SMILES string of the molecule is CCCN1C[C@@H](NC(=O)N(CC)CC)CC2c3cccc4[nH]c(C=O)c(c34)C[C@H]21. The van der Waals surface area contributed by atoms with Gasteiger partial charge in [-0.1, -0.05) is 19.1 Å². The summed E-state index contributed by atoms with van der Waals surface area (Å²) in [5.41, 5.74) is 4.26. The number of piperidine rings is 1. The third-order valence-electron chi connectivity index (χ3n) is 6.74. The molecule has 2 heterocycles. The number of rotatable bonds is 6. The largest absolute Gasteiger partial charge is 0.352 e. The zero-order chi connectivity index (χ0) is 20.5. The molecule has 4 rings (SSSR count). The second-order valence-electron chi connectivity index (χ2n) is 8.33. The summed E-state index contributed by atoms with van der Waals surface area (Å²) in [5, 5.41) is 4.52. The van der Waals surface area contributed by atoms with E-state index in [2.05, 4.69) is 40.3 Å². The second kappa shape index (κ2) is 8.19. The summed E-state index contributed by atoms with van der Waals surface area (Å²) in [6, 6.07) is 6.90.